The van der Waals surface area contributed by atoms with Crippen molar-refractivity contribution in [3.63, 3.8) is 0 Å². The molecule has 4 rings (SSSR count). The first kappa shape index (κ1) is 28.2. The van der Waals surface area contributed by atoms with E-state index in [9.17, 15) is 9.90 Å². The van der Waals surface area contributed by atoms with Crippen molar-refractivity contribution in [3.8, 4) is 11.8 Å². The molecule has 0 unspecified atom stereocenters. The summed E-state index contributed by atoms with van der Waals surface area (Å²) in [6.45, 7) is 13.2. The first-order chi connectivity index (χ1) is 18.9. The molecular weight excluding hydrogens is 492 g/mol. The summed E-state index contributed by atoms with van der Waals surface area (Å²) in [5.41, 5.74) is 3.01. The third kappa shape index (κ3) is 6.97. The number of carbonyl (C=O) groups excluding carboxylic acids is 1. The standard InChI is InChI=1S/C30H40N6O3/c1-5-14-34(4)17-18-39-30-32-26-21-36(27-20-23(37)19-22-10-8-9-11-24(22)27)15-12-25(26)29(33-30)35(7-3)16-13-31-28(38)6-2/h6,8-11,19-20,37H,2,5,7,12-18,21H2,1,3-4H3,(H,31,38). The van der Waals surface area contributed by atoms with Crippen molar-refractivity contribution in [2.75, 3.05) is 62.7 Å². The van der Waals surface area contributed by atoms with E-state index >= 15 is 0 Å². The molecule has 1 aromatic heterocycles. The number of hydrogen-bond donors (Lipinski definition) is 2. The fourth-order valence-electron chi connectivity index (χ4n) is 5.04. The third-order valence-corrected chi connectivity index (χ3v) is 7.05. The van der Waals surface area contributed by atoms with Crippen molar-refractivity contribution in [2.24, 2.45) is 0 Å². The van der Waals surface area contributed by atoms with Crippen LogP contribution in [0.25, 0.3) is 10.8 Å². The van der Waals surface area contributed by atoms with Crippen LogP contribution in [-0.4, -0.2) is 78.8 Å². The minimum atomic E-state index is -0.190. The molecule has 0 saturated carbocycles. The van der Waals surface area contributed by atoms with Crippen molar-refractivity contribution in [1.29, 1.82) is 0 Å². The zero-order valence-electron chi connectivity index (χ0n) is 23.3. The molecule has 1 aliphatic rings. The number of hydrogen-bond acceptors (Lipinski definition) is 8. The number of likely N-dealkylation sites (N-methyl/N-ethyl adjacent to an activating group) is 2. The van der Waals surface area contributed by atoms with Gasteiger partial charge in [-0.25, -0.2) is 0 Å². The molecule has 0 atom stereocenters. The second kappa shape index (κ2) is 13.3. The lowest BCUT2D eigenvalue weighted by Crippen LogP contribution is -2.37. The van der Waals surface area contributed by atoms with Crippen LogP contribution in [0.3, 0.4) is 0 Å². The molecule has 9 heteroatoms. The SMILES string of the molecule is C=CC(=O)NCCN(CC)c1nc(OCCN(C)CCC)nc2c1CCN(c1cc(O)cc3ccccc13)C2. The molecule has 0 fully saturated rings. The van der Waals surface area contributed by atoms with Crippen molar-refractivity contribution in [3.05, 3.63) is 60.3 Å². The van der Waals surface area contributed by atoms with E-state index in [1.165, 1.54) is 6.08 Å². The maximum absolute atomic E-state index is 11.7. The van der Waals surface area contributed by atoms with Crippen LogP contribution < -0.4 is 19.9 Å². The smallest absolute Gasteiger partial charge is 0.318 e. The molecule has 0 aliphatic carbocycles. The van der Waals surface area contributed by atoms with Crippen LogP contribution in [0.1, 0.15) is 31.5 Å². The lowest BCUT2D eigenvalue weighted by molar-refractivity contribution is -0.116. The second-order valence-corrected chi connectivity index (χ2v) is 9.84. The predicted molar refractivity (Wildman–Crippen MR) is 157 cm³/mol. The first-order valence-corrected chi connectivity index (χ1v) is 13.8. The summed E-state index contributed by atoms with van der Waals surface area (Å²) >= 11 is 0. The van der Waals surface area contributed by atoms with Gasteiger partial charge in [-0.1, -0.05) is 37.8 Å². The molecular formula is C30H40N6O3. The van der Waals surface area contributed by atoms with Gasteiger partial charge in [0.15, 0.2) is 0 Å². The summed E-state index contributed by atoms with van der Waals surface area (Å²) < 4.78 is 6.08. The van der Waals surface area contributed by atoms with Crippen molar-refractivity contribution < 1.29 is 14.6 Å². The Morgan fingerprint density at radius 1 is 1.21 bits per heavy atom. The molecule has 0 saturated heterocycles. The average molecular weight is 533 g/mol. The number of aromatic hydroxyl groups is 1. The van der Waals surface area contributed by atoms with Gasteiger partial charge in [-0.15, -0.1) is 0 Å². The van der Waals surface area contributed by atoms with Gasteiger partial charge in [0.2, 0.25) is 5.91 Å². The molecule has 9 nitrogen and oxygen atoms in total. The maximum Gasteiger partial charge on any atom is 0.318 e. The van der Waals surface area contributed by atoms with Crippen molar-refractivity contribution >= 4 is 28.2 Å². The number of nitrogens with zero attached hydrogens (tertiary/aromatic N) is 5. The number of rotatable bonds is 13. The number of benzene rings is 2. The van der Waals surface area contributed by atoms with Gasteiger partial charge in [-0.3, -0.25) is 4.79 Å². The first-order valence-electron chi connectivity index (χ1n) is 13.8. The van der Waals surface area contributed by atoms with E-state index in [-0.39, 0.29) is 11.7 Å². The Hall–Kier alpha value is -3.85. The minimum Gasteiger partial charge on any atom is -0.508 e. The van der Waals surface area contributed by atoms with Crippen molar-refractivity contribution in [1.82, 2.24) is 20.2 Å². The highest BCUT2D eigenvalue weighted by Gasteiger charge is 2.26. The van der Waals surface area contributed by atoms with E-state index in [2.05, 4.69) is 53.6 Å². The number of nitrogens with one attached hydrogen (secondary N) is 1. The zero-order valence-corrected chi connectivity index (χ0v) is 23.3. The van der Waals surface area contributed by atoms with Gasteiger partial charge in [0.25, 0.3) is 0 Å². The molecule has 3 aromatic rings. The van der Waals surface area contributed by atoms with E-state index in [1.54, 1.807) is 6.07 Å². The number of aromatic nitrogens is 2. The van der Waals surface area contributed by atoms with Crippen LogP contribution >= 0.6 is 0 Å². The highest BCUT2D eigenvalue weighted by atomic mass is 16.5. The third-order valence-electron chi connectivity index (χ3n) is 7.05. The van der Waals surface area contributed by atoms with Gasteiger partial charge in [-0.2, -0.15) is 9.97 Å². The topological polar surface area (TPSA) is 94.1 Å². The predicted octanol–water partition coefficient (Wildman–Crippen LogP) is 3.75. The number of carbonyl (C=O) groups is 1. The molecule has 208 valence electrons. The number of ether oxygens (including phenoxy) is 1. The normalized spacial score (nSPS) is 12.9. The van der Waals surface area contributed by atoms with E-state index in [0.29, 0.717) is 32.3 Å². The van der Waals surface area contributed by atoms with Crippen LogP contribution in [0.15, 0.2) is 49.1 Å². The molecule has 1 amide bonds. The minimum absolute atomic E-state index is 0.190. The van der Waals surface area contributed by atoms with Crippen molar-refractivity contribution in [2.45, 2.75) is 33.2 Å². The van der Waals surface area contributed by atoms with E-state index < -0.39 is 0 Å². The summed E-state index contributed by atoms with van der Waals surface area (Å²) in [5.74, 6) is 0.912. The van der Waals surface area contributed by atoms with Crippen LogP contribution in [0.5, 0.6) is 11.8 Å². The van der Waals surface area contributed by atoms with E-state index in [1.807, 2.05) is 24.3 Å². The molecule has 2 N–H and O–H groups in total. The van der Waals surface area contributed by atoms with Gasteiger partial charge >= 0.3 is 6.01 Å². The largest absolute Gasteiger partial charge is 0.508 e. The quantitative estimate of drug-likeness (QED) is 0.322. The monoisotopic (exact) mass is 532 g/mol. The Kier molecular flexibility index (Phi) is 9.59. The van der Waals surface area contributed by atoms with E-state index in [4.69, 9.17) is 14.7 Å². The van der Waals surface area contributed by atoms with Gasteiger partial charge in [0, 0.05) is 55.4 Å². The Labute approximate surface area is 231 Å². The lowest BCUT2D eigenvalue weighted by Gasteiger charge is -2.34. The maximum atomic E-state index is 11.7. The fraction of sp³-hybridized carbons (Fsp3) is 0.433. The lowest BCUT2D eigenvalue weighted by atomic mass is 10.0. The molecule has 39 heavy (non-hydrogen) atoms. The Morgan fingerprint density at radius 2 is 2.03 bits per heavy atom. The molecule has 1 aliphatic heterocycles. The molecule has 0 spiro atoms. The highest BCUT2D eigenvalue weighted by molar-refractivity contribution is 5.95. The van der Waals surface area contributed by atoms with Gasteiger partial charge in [0.1, 0.15) is 18.2 Å². The van der Waals surface area contributed by atoms with Crippen LogP contribution in [0.4, 0.5) is 11.5 Å². The Bertz CT molecular complexity index is 1300. The van der Waals surface area contributed by atoms with Crippen LogP contribution in [-0.2, 0) is 17.8 Å². The Balaban J connectivity index is 1.64. The van der Waals surface area contributed by atoms with Gasteiger partial charge in [-0.05, 0) is 50.9 Å². The molecule has 2 heterocycles. The number of phenols is 1. The Morgan fingerprint density at radius 3 is 2.79 bits per heavy atom. The molecule has 2 aromatic carbocycles. The number of amides is 1. The number of phenolic OH excluding ortho intramolecular Hbond substituents is 1. The van der Waals surface area contributed by atoms with E-state index in [0.717, 1.165) is 72.6 Å². The highest BCUT2D eigenvalue weighted by Crippen LogP contribution is 2.36. The second-order valence-electron chi connectivity index (χ2n) is 9.84. The van der Waals surface area contributed by atoms with Gasteiger partial charge < -0.3 is 29.9 Å². The summed E-state index contributed by atoms with van der Waals surface area (Å²) in [4.78, 5) is 28.1. The zero-order chi connectivity index (χ0) is 27.8. The van der Waals surface area contributed by atoms with Crippen LogP contribution in [0.2, 0.25) is 0 Å². The average Bonchev–Trinajstić information content (AvgIpc) is 2.94. The fourth-order valence-corrected chi connectivity index (χ4v) is 5.04. The molecule has 0 bridgehead atoms. The summed E-state index contributed by atoms with van der Waals surface area (Å²) in [7, 11) is 2.08. The summed E-state index contributed by atoms with van der Waals surface area (Å²) in [6.07, 6.45) is 3.12. The number of anilines is 2. The van der Waals surface area contributed by atoms with Crippen LogP contribution in [0, 0.1) is 0 Å². The van der Waals surface area contributed by atoms with Gasteiger partial charge in [0.05, 0.1) is 12.2 Å². The number of fused-ring (bicyclic) bond motifs is 2. The molecule has 0 radical (unpaired) electrons. The summed E-state index contributed by atoms with van der Waals surface area (Å²) in [6, 6.07) is 12.1. The summed E-state index contributed by atoms with van der Waals surface area (Å²) in [5, 5.41) is 15.4.